The quantitative estimate of drug-likeness (QED) is 0.740. The van der Waals surface area contributed by atoms with Crippen LogP contribution in [0.5, 0.6) is 0 Å². The van der Waals surface area contributed by atoms with Crippen LogP contribution >= 0.6 is 11.3 Å². The molecule has 1 fully saturated rings. The second-order valence-corrected chi connectivity index (χ2v) is 6.14. The van der Waals surface area contributed by atoms with Gasteiger partial charge in [-0.25, -0.2) is 0 Å². The fourth-order valence-corrected chi connectivity index (χ4v) is 3.32. The maximum Gasteiger partial charge on any atom is 0.0587 e. The van der Waals surface area contributed by atoms with E-state index in [0.29, 0.717) is 0 Å². The SMILES string of the molecule is COCCNCC1CCN(CCc2ccsc2)CC1. The van der Waals surface area contributed by atoms with Crippen LogP contribution in [-0.2, 0) is 11.2 Å². The van der Waals surface area contributed by atoms with Gasteiger partial charge in [0.1, 0.15) is 0 Å². The molecule has 1 aliphatic rings. The lowest BCUT2D eigenvalue weighted by atomic mass is 9.96. The number of methoxy groups -OCH3 is 1. The van der Waals surface area contributed by atoms with Gasteiger partial charge in [-0.1, -0.05) is 0 Å². The highest BCUT2D eigenvalue weighted by molar-refractivity contribution is 7.07. The number of ether oxygens (including phenoxy) is 1. The summed E-state index contributed by atoms with van der Waals surface area (Å²) in [6, 6.07) is 2.25. The van der Waals surface area contributed by atoms with Gasteiger partial charge in [0.25, 0.3) is 0 Å². The first-order valence-electron chi connectivity index (χ1n) is 7.31. The second-order valence-electron chi connectivity index (χ2n) is 5.36. The topological polar surface area (TPSA) is 24.5 Å². The summed E-state index contributed by atoms with van der Waals surface area (Å²) in [5.74, 6) is 0.856. The number of piperidine rings is 1. The fraction of sp³-hybridized carbons (Fsp3) is 0.733. The summed E-state index contributed by atoms with van der Waals surface area (Å²) >= 11 is 1.80. The number of likely N-dealkylation sites (tertiary alicyclic amines) is 1. The van der Waals surface area contributed by atoms with Crippen LogP contribution in [0.3, 0.4) is 0 Å². The summed E-state index contributed by atoms with van der Waals surface area (Å²) in [6.07, 6.45) is 3.88. The van der Waals surface area contributed by atoms with Crippen molar-refractivity contribution in [2.75, 3.05) is 46.4 Å². The van der Waals surface area contributed by atoms with E-state index >= 15 is 0 Å². The second kappa shape index (κ2) is 8.69. The molecule has 19 heavy (non-hydrogen) atoms. The highest BCUT2D eigenvalue weighted by Gasteiger charge is 2.18. The molecule has 1 aliphatic heterocycles. The molecular weight excluding hydrogens is 256 g/mol. The molecule has 0 saturated carbocycles. The molecule has 1 N–H and O–H groups in total. The van der Waals surface area contributed by atoms with Gasteiger partial charge in [0.15, 0.2) is 0 Å². The standard InChI is InChI=1S/C15H26N2OS/c1-18-10-6-16-12-14-2-7-17(8-3-14)9-4-15-5-11-19-13-15/h5,11,13-14,16H,2-4,6-10,12H2,1H3. The average Bonchev–Trinajstić information content (AvgIpc) is 2.96. The molecule has 3 nitrogen and oxygen atoms in total. The summed E-state index contributed by atoms with van der Waals surface area (Å²) in [4.78, 5) is 2.61. The zero-order valence-corrected chi connectivity index (χ0v) is 12.8. The molecule has 0 radical (unpaired) electrons. The van der Waals surface area contributed by atoms with Gasteiger partial charge >= 0.3 is 0 Å². The summed E-state index contributed by atoms with van der Waals surface area (Å²) in [7, 11) is 1.76. The number of nitrogens with zero attached hydrogens (tertiary/aromatic N) is 1. The average molecular weight is 282 g/mol. The molecule has 1 saturated heterocycles. The lowest BCUT2D eigenvalue weighted by Crippen LogP contribution is -2.38. The van der Waals surface area contributed by atoms with E-state index in [2.05, 4.69) is 27.0 Å². The first kappa shape index (κ1) is 15.0. The Morgan fingerprint density at radius 1 is 1.42 bits per heavy atom. The van der Waals surface area contributed by atoms with E-state index in [1.165, 1.54) is 44.5 Å². The van der Waals surface area contributed by atoms with Gasteiger partial charge in [-0.3, -0.25) is 0 Å². The van der Waals surface area contributed by atoms with E-state index in [1.54, 1.807) is 18.4 Å². The lowest BCUT2D eigenvalue weighted by molar-refractivity contribution is 0.174. The Balaban J connectivity index is 1.55. The van der Waals surface area contributed by atoms with Crippen LogP contribution in [0.25, 0.3) is 0 Å². The third-order valence-electron chi connectivity index (χ3n) is 3.92. The first-order chi connectivity index (χ1) is 9.38. The van der Waals surface area contributed by atoms with Crippen molar-refractivity contribution in [2.45, 2.75) is 19.3 Å². The molecule has 1 aromatic rings. The molecule has 108 valence electrons. The molecule has 0 amide bonds. The normalized spacial score (nSPS) is 17.9. The summed E-state index contributed by atoms with van der Waals surface area (Å²) in [6.45, 7) is 6.71. The van der Waals surface area contributed by atoms with Gasteiger partial charge in [0.05, 0.1) is 6.61 Å². The van der Waals surface area contributed by atoms with Gasteiger partial charge < -0.3 is 15.0 Å². The van der Waals surface area contributed by atoms with Gasteiger partial charge in [-0.2, -0.15) is 11.3 Å². The number of hydrogen-bond acceptors (Lipinski definition) is 4. The van der Waals surface area contributed by atoms with Crippen molar-refractivity contribution in [3.05, 3.63) is 22.4 Å². The van der Waals surface area contributed by atoms with Crippen molar-refractivity contribution in [1.82, 2.24) is 10.2 Å². The molecule has 2 heterocycles. The molecule has 0 unspecified atom stereocenters. The van der Waals surface area contributed by atoms with Crippen LogP contribution < -0.4 is 5.32 Å². The number of hydrogen-bond donors (Lipinski definition) is 1. The monoisotopic (exact) mass is 282 g/mol. The third kappa shape index (κ3) is 5.61. The Morgan fingerprint density at radius 2 is 2.26 bits per heavy atom. The summed E-state index contributed by atoms with van der Waals surface area (Å²) in [5.41, 5.74) is 1.49. The third-order valence-corrected chi connectivity index (χ3v) is 4.65. The van der Waals surface area contributed by atoms with E-state index in [9.17, 15) is 0 Å². The zero-order chi connectivity index (χ0) is 13.3. The van der Waals surface area contributed by atoms with Crippen molar-refractivity contribution in [3.8, 4) is 0 Å². The predicted molar refractivity (Wildman–Crippen MR) is 81.9 cm³/mol. The fourth-order valence-electron chi connectivity index (χ4n) is 2.62. The Kier molecular flexibility index (Phi) is 6.85. The van der Waals surface area contributed by atoms with Crippen LogP contribution in [0.1, 0.15) is 18.4 Å². The van der Waals surface area contributed by atoms with Crippen molar-refractivity contribution < 1.29 is 4.74 Å². The van der Waals surface area contributed by atoms with Gasteiger partial charge in [0, 0.05) is 20.2 Å². The summed E-state index contributed by atoms with van der Waals surface area (Å²) < 4.78 is 5.05. The van der Waals surface area contributed by atoms with Crippen LogP contribution in [-0.4, -0.2) is 51.3 Å². The molecule has 0 aromatic carbocycles. The number of thiophene rings is 1. The zero-order valence-electron chi connectivity index (χ0n) is 11.9. The largest absolute Gasteiger partial charge is 0.383 e. The molecule has 0 bridgehead atoms. The highest BCUT2D eigenvalue weighted by Crippen LogP contribution is 2.17. The van der Waals surface area contributed by atoms with Crippen molar-refractivity contribution in [2.24, 2.45) is 5.92 Å². The van der Waals surface area contributed by atoms with E-state index in [0.717, 1.165) is 25.6 Å². The molecule has 1 aromatic heterocycles. The Hall–Kier alpha value is -0.420. The Morgan fingerprint density at radius 3 is 2.95 bits per heavy atom. The van der Waals surface area contributed by atoms with Gasteiger partial charge in [-0.05, 0) is 67.2 Å². The van der Waals surface area contributed by atoms with E-state index < -0.39 is 0 Å². The van der Waals surface area contributed by atoms with Gasteiger partial charge in [-0.15, -0.1) is 0 Å². The minimum Gasteiger partial charge on any atom is -0.383 e. The number of rotatable bonds is 8. The van der Waals surface area contributed by atoms with Crippen LogP contribution in [0.2, 0.25) is 0 Å². The molecule has 4 heteroatoms. The summed E-state index contributed by atoms with van der Waals surface area (Å²) in [5, 5.41) is 7.93. The van der Waals surface area contributed by atoms with E-state index in [1.807, 2.05) is 0 Å². The maximum absolute atomic E-state index is 5.05. The van der Waals surface area contributed by atoms with E-state index in [4.69, 9.17) is 4.74 Å². The number of nitrogens with one attached hydrogen (secondary N) is 1. The molecule has 0 atom stereocenters. The van der Waals surface area contributed by atoms with Crippen LogP contribution in [0, 0.1) is 5.92 Å². The predicted octanol–water partition coefficient (Wildman–Crippen LogP) is 2.24. The van der Waals surface area contributed by atoms with E-state index in [-0.39, 0.29) is 0 Å². The first-order valence-corrected chi connectivity index (χ1v) is 8.26. The Labute approximate surface area is 121 Å². The minimum absolute atomic E-state index is 0.819. The Bertz CT molecular complexity index is 321. The van der Waals surface area contributed by atoms with Gasteiger partial charge in [0.2, 0.25) is 0 Å². The molecular formula is C15H26N2OS. The molecule has 0 spiro atoms. The van der Waals surface area contributed by atoms with Crippen LogP contribution in [0.15, 0.2) is 16.8 Å². The smallest absolute Gasteiger partial charge is 0.0587 e. The minimum atomic E-state index is 0.819. The lowest BCUT2D eigenvalue weighted by Gasteiger charge is -2.32. The van der Waals surface area contributed by atoms with Crippen LogP contribution in [0.4, 0.5) is 0 Å². The maximum atomic E-state index is 5.05. The highest BCUT2D eigenvalue weighted by atomic mass is 32.1. The molecule has 2 rings (SSSR count). The molecule has 0 aliphatic carbocycles. The van der Waals surface area contributed by atoms with Crippen molar-refractivity contribution >= 4 is 11.3 Å². The van der Waals surface area contributed by atoms with Crippen molar-refractivity contribution in [1.29, 1.82) is 0 Å². The van der Waals surface area contributed by atoms with Crippen molar-refractivity contribution in [3.63, 3.8) is 0 Å².